The van der Waals surface area contributed by atoms with Gasteiger partial charge in [-0.15, -0.1) is 6.58 Å². The van der Waals surface area contributed by atoms with Gasteiger partial charge in [-0.3, -0.25) is 4.90 Å². The monoisotopic (exact) mass is 429 g/mol. The molecule has 3 unspecified atom stereocenters. The van der Waals surface area contributed by atoms with Crippen LogP contribution in [0.2, 0.25) is 0 Å². The summed E-state index contributed by atoms with van der Waals surface area (Å²) in [5.41, 5.74) is 8.27. The van der Waals surface area contributed by atoms with Crippen LogP contribution < -0.4 is 15.8 Å². The van der Waals surface area contributed by atoms with Gasteiger partial charge in [-0.2, -0.15) is 0 Å². The highest BCUT2D eigenvalue weighted by molar-refractivity contribution is 5.57. The fourth-order valence-corrected chi connectivity index (χ4v) is 4.14. The van der Waals surface area contributed by atoms with Gasteiger partial charge in [-0.25, -0.2) is 9.97 Å². The number of likely N-dealkylation sites (tertiary alicyclic amines) is 1. The Hall–Kier alpha value is -3.42. The molecule has 5 rings (SSSR count). The quantitative estimate of drug-likeness (QED) is 0.415. The van der Waals surface area contributed by atoms with E-state index >= 15 is 0 Å². The predicted molar refractivity (Wildman–Crippen MR) is 125 cm³/mol. The molecule has 1 aromatic heterocycles. The van der Waals surface area contributed by atoms with Gasteiger partial charge in [-0.1, -0.05) is 36.4 Å². The number of ether oxygens (including phenoxy) is 2. The summed E-state index contributed by atoms with van der Waals surface area (Å²) >= 11 is 0. The van der Waals surface area contributed by atoms with E-state index in [4.69, 9.17) is 15.2 Å². The van der Waals surface area contributed by atoms with Crippen LogP contribution >= 0.6 is 0 Å². The fraction of sp³-hybridized carbons (Fsp3) is 0.280. The number of epoxide rings is 1. The average molecular weight is 430 g/mol. The van der Waals surface area contributed by atoms with Crippen molar-refractivity contribution in [2.45, 2.75) is 31.2 Å². The third-order valence-electron chi connectivity index (χ3n) is 5.92. The van der Waals surface area contributed by atoms with Crippen LogP contribution in [0.3, 0.4) is 0 Å². The first-order chi connectivity index (χ1) is 15.7. The molecule has 0 aliphatic carbocycles. The minimum Gasteiger partial charge on any atom is -0.457 e. The number of hydrogen-bond donors (Lipinski definition) is 2. The highest BCUT2D eigenvalue weighted by atomic mass is 16.6. The molecule has 0 amide bonds. The van der Waals surface area contributed by atoms with Crippen molar-refractivity contribution >= 4 is 11.6 Å². The Morgan fingerprint density at radius 2 is 1.91 bits per heavy atom. The Labute approximate surface area is 187 Å². The van der Waals surface area contributed by atoms with Crippen LogP contribution in [-0.2, 0) is 11.2 Å². The van der Waals surface area contributed by atoms with Gasteiger partial charge in [0, 0.05) is 31.1 Å². The number of para-hydroxylation sites is 1. The van der Waals surface area contributed by atoms with Crippen LogP contribution in [-0.4, -0.2) is 46.3 Å². The smallest absolute Gasteiger partial charge is 0.141 e. The largest absolute Gasteiger partial charge is 0.457 e. The molecule has 32 heavy (non-hydrogen) atoms. The van der Waals surface area contributed by atoms with Gasteiger partial charge in [-0.05, 0) is 36.2 Å². The predicted octanol–water partition coefficient (Wildman–Crippen LogP) is 3.84. The summed E-state index contributed by atoms with van der Waals surface area (Å²) < 4.78 is 11.5. The molecule has 0 bridgehead atoms. The molecule has 0 radical (unpaired) electrons. The zero-order chi connectivity index (χ0) is 21.9. The minimum atomic E-state index is 0.160. The van der Waals surface area contributed by atoms with E-state index in [0.717, 1.165) is 48.0 Å². The number of nitrogens with one attached hydrogen (secondary N) is 1. The summed E-state index contributed by atoms with van der Waals surface area (Å²) in [6.45, 7) is 5.71. The summed E-state index contributed by atoms with van der Waals surface area (Å²) in [5, 5.41) is 3.58. The lowest BCUT2D eigenvalue weighted by Gasteiger charge is -2.18. The summed E-state index contributed by atoms with van der Waals surface area (Å²) in [6.07, 6.45) is 5.38. The Bertz CT molecular complexity index is 1070. The van der Waals surface area contributed by atoms with Gasteiger partial charge in [0.25, 0.3) is 0 Å². The number of hydrogen-bond acceptors (Lipinski definition) is 7. The highest BCUT2D eigenvalue weighted by Crippen LogP contribution is 2.31. The van der Waals surface area contributed by atoms with Crippen molar-refractivity contribution in [3.63, 3.8) is 0 Å². The van der Waals surface area contributed by atoms with Crippen molar-refractivity contribution in [3.8, 4) is 11.5 Å². The zero-order valence-electron chi connectivity index (χ0n) is 17.9. The minimum absolute atomic E-state index is 0.160. The molecule has 2 aromatic carbocycles. The highest BCUT2D eigenvalue weighted by Gasteiger charge is 2.44. The van der Waals surface area contributed by atoms with E-state index in [1.807, 2.05) is 60.7 Å². The number of nitrogens with zero attached hydrogens (tertiary/aromatic N) is 3. The molecule has 164 valence electrons. The Morgan fingerprint density at radius 1 is 1.12 bits per heavy atom. The van der Waals surface area contributed by atoms with Crippen LogP contribution in [0.4, 0.5) is 11.6 Å². The van der Waals surface area contributed by atoms with Crippen LogP contribution in [0.25, 0.3) is 0 Å². The van der Waals surface area contributed by atoms with Gasteiger partial charge in [0.05, 0.1) is 0 Å². The van der Waals surface area contributed by atoms with E-state index in [0.29, 0.717) is 18.3 Å². The second kappa shape index (κ2) is 8.98. The molecule has 0 saturated carbocycles. The zero-order valence-corrected chi connectivity index (χ0v) is 17.9. The van der Waals surface area contributed by atoms with E-state index < -0.39 is 0 Å². The molecule has 0 spiro atoms. The molecule has 2 saturated heterocycles. The van der Waals surface area contributed by atoms with Crippen molar-refractivity contribution in [1.82, 2.24) is 14.9 Å². The molecule has 2 fully saturated rings. The maximum Gasteiger partial charge on any atom is 0.141 e. The molecular weight excluding hydrogens is 402 g/mol. The first kappa shape index (κ1) is 20.5. The number of nitrogens with two attached hydrogens (primary N) is 1. The summed E-state index contributed by atoms with van der Waals surface area (Å²) in [5.74, 6) is 2.90. The number of nitrogen functional groups attached to an aromatic ring is 1. The van der Waals surface area contributed by atoms with Crippen molar-refractivity contribution < 1.29 is 9.47 Å². The Balaban J connectivity index is 1.25. The topological polar surface area (TPSA) is 88.8 Å². The lowest BCUT2D eigenvalue weighted by Crippen LogP contribution is -2.30. The number of benzene rings is 2. The third kappa shape index (κ3) is 4.59. The van der Waals surface area contributed by atoms with Crippen molar-refractivity contribution in [2.75, 3.05) is 24.1 Å². The molecule has 2 aliphatic rings. The molecule has 3 heterocycles. The van der Waals surface area contributed by atoms with Gasteiger partial charge in [0.15, 0.2) is 0 Å². The van der Waals surface area contributed by atoms with Crippen LogP contribution in [0.15, 0.2) is 73.6 Å². The van der Waals surface area contributed by atoms with E-state index in [9.17, 15) is 0 Å². The summed E-state index contributed by atoms with van der Waals surface area (Å²) in [6, 6.07) is 18.1. The second-order valence-corrected chi connectivity index (χ2v) is 8.17. The average Bonchev–Trinajstić information content (AvgIpc) is 3.47. The molecule has 3 atom stereocenters. The van der Waals surface area contributed by atoms with Crippen molar-refractivity contribution in [1.29, 1.82) is 0 Å². The van der Waals surface area contributed by atoms with Gasteiger partial charge in [0.1, 0.15) is 41.8 Å². The number of rotatable bonds is 8. The third-order valence-corrected chi connectivity index (χ3v) is 5.92. The van der Waals surface area contributed by atoms with Gasteiger partial charge >= 0.3 is 0 Å². The van der Waals surface area contributed by atoms with Gasteiger partial charge < -0.3 is 20.5 Å². The Kier molecular flexibility index (Phi) is 5.75. The lowest BCUT2D eigenvalue weighted by atomic mass is 10.1. The van der Waals surface area contributed by atoms with E-state index in [-0.39, 0.29) is 12.3 Å². The van der Waals surface area contributed by atoms with Crippen LogP contribution in [0.5, 0.6) is 11.5 Å². The molecule has 3 aromatic rings. The normalized spacial score (nSPS) is 22.4. The second-order valence-electron chi connectivity index (χ2n) is 8.17. The molecule has 2 aliphatic heterocycles. The van der Waals surface area contributed by atoms with Gasteiger partial charge in [0.2, 0.25) is 0 Å². The number of aromatic nitrogens is 2. The maximum atomic E-state index is 6.24. The Morgan fingerprint density at radius 3 is 2.66 bits per heavy atom. The summed E-state index contributed by atoms with van der Waals surface area (Å²) in [4.78, 5) is 11.1. The first-order valence-corrected chi connectivity index (χ1v) is 10.9. The molecule has 3 N–H and O–H groups in total. The standard InChI is InChI=1S/C25H27N5O2/c1-2-22-25(32-22)30-13-12-18(15-30)29-24-21(23(26)27-16-28-24)14-17-8-10-20(11-9-17)31-19-6-4-3-5-7-19/h2-11,16,18,22,25H,1,12-15H2,(H3,26,27,28,29). The van der Waals surface area contributed by atoms with Crippen LogP contribution in [0.1, 0.15) is 17.5 Å². The molecule has 7 nitrogen and oxygen atoms in total. The number of anilines is 2. The van der Waals surface area contributed by atoms with Crippen molar-refractivity contribution in [2.24, 2.45) is 0 Å². The first-order valence-electron chi connectivity index (χ1n) is 10.9. The SMILES string of the molecule is C=CC1OC1N1CCC(Nc2ncnc(N)c2Cc2ccc(Oc3ccccc3)cc2)C1. The molecular formula is C25H27N5O2. The van der Waals surface area contributed by atoms with Crippen molar-refractivity contribution in [3.05, 3.63) is 84.7 Å². The van der Waals surface area contributed by atoms with E-state index in [1.54, 1.807) is 0 Å². The van der Waals surface area contributed by atoms with Crippen LogP contribution in [0, 0.1) is 0 Å². The maximum absolute atomic E-state index is 6.24. The van der Waals surface area contributed by atoms with E-state index in [2.05, 4.69) is 26.8 Å². The lowest BCUT2D eigenvalue weighted by molar-refractivity contribution is 0.210. The summed E-state index contributed by atoms with van der Waals surface area (Å²) in [7, 11) is 0. The fourth-order valence-electron chi connectivity index (χ4n) is 4.14. The van der Waals surface area contributed by atoms with E-state index in [1.165, 1.54) is 6.33 Å². The molecule has 7 heteroatoms.